The Hall–Kier alpha value is -2.80. The predicted octanol–water partition coefficient (Wildman–Crippen LogP) is 3.04. The summed E-state index contributed by atoms with van der Waals surface area (Å²) in [5, 5.41) is 12.2. The lowest BCUT2D eigenvalue weighted by atomic mass is 9.88. The van der Waals surface area contributed by atoms with E-state index in [1.807, 2.05) is 0 Å². The molecule has 164 valence electrons. The highest BCUT2D eigenvalue weighted by Crippen LogP contribution is 2.51. The van der Waals surface area contributed by atoms with E-state index in [2.05, 4.69) is 10.3 Å². The lowest BCUT2D eigenvalue weighted by Gasteiger charge is -2.35. The van der Waals surface area contributed by atoms with Crippen molar-refractivity contribution in [3.05, 3.63) is 53.6 Å². The van der Waals surface area contributed by atoms with E-state index in [1.54, 1.807) is 42.4 Å². The molecule has 1 aromatic carbocycles. The van der Waals surface area contributed by atoms with Gasteiger partial charge in [0.15, 0.2) is 0 Å². The Labute approximate surface area is 181 Å². The molecule has 2 aromatic rings. The monoisotopic (exact) mass is 425 g/mol. The smallest absolute Gasteiger partial charge is 0.269 e. The minimum absolute atomic E-state index is 0.0304. The Morgan fingerprint density at radius 1 is 1.13 bits per heavy atom. The molecule has 1 aromatic heterocycles. The van der Waals surface area contributed by atoms with Crippen LogP contribution in [-0.4, -0.2) is 53.0 Å². The van der Waals surface area contributed by atoms with Crippen LogP contribution < -0.4 is 5.32 Å². The second kappa shape index (κ2) is 8.38. The van der Waals surface area contributed by atoms with E-state index >= 15 is 4.39 Å². The molecule has 2 fully saturated rings. The number of hydrogen-bond donors (Lipinski definition) is 2. The van der Waals surface area contributed by atoms with Crippen molar-refractivity contribution in [2.24, 2.45) is 0 Å². The van der Waals surface area contributed by atoms with Crippen molar-refractivity contribution < 1.29 is 19.1 Å². The Bertz CT molecular complexity index is 980. The number of aliphatic hydroxyl groups is 1. The normalized spacial score (nSPS) is 21.9. The number of likely N-dealkylation sites (N-methyl/N-ethyl adjacent to an activating group) is 1. The highest BCUT2D eigenvalue weighted by Gasteiger charge is 2.54. The van der Waals surface area contributed by atoms with Gasteiger partial charge in [0.25, 0.3) is 5.91 Å². The number of nitrogens with one attached hydrogen (secondary N) is 1. The van der Waals surface area contributed by atoms with Crippen molar-refractivity contribution in [3.8, 4) is 11.1 Å². The quantitative estimate of drug-likeness (QED) is 0.772. The maximum absolute atomic E-state index is 15.2. The minimum Gasteiger partial charge on any atom is -0.393 e. The first kappa shape index (κ1) is 21.4. The standard InChI is InChI=1S/C24H28FN3O3/c1-26-22(30)21-10-4-16(14-27-21)15-3-9-19(20(25)13-15)24(11-12-24)23(31)28(2)17-5-7-18(29)8-6-17/h3-4,9-10,13-14,17-18,29H,5-8,11-12H2,1-2H3,(H,26,30)/t17-,18-. The van der Waals surface area contributed by atoms with Gasteiger partial charge >= 0.3 is 0 Å². The van der Waals surface area contributed by atoms with Crippen LogP contribution in [0.4, 0.5) is 4.39 Å². The van der Waals surface area contributed by atoms with Crippen molar-refractivity contribution in [1.29, 1.82) is 0 Å². The van der Waals surface area contributed by atoms with Crippen LogP contribution in [0.3, 0.4) is 0 Å². The van der Waals surface area contributed by atoms with E-state index in [0.717, 1.165) is 12.8 Å². The number of rotatable bonds is 5. The molecule has 0 radical (unpaired) electrons. The average Bonchev–Trinajstić information content (AvgIpc) is 3.60. The lowest BCUT2D eigenvalue weighted by molar-refractivity contribution is -0.135. The highest BCUT2D eigenvalue weighted by atomic mass is 19.1. The van der Waals surface area contributed by atoms with Gasteiger partial charge in [-0.2, -0.15) is 0 Å². The maximum Gasteiger partial charge on any atom is 0.269 e. The summed E-state index contributed by atoms with van der Waals surface area (Å²) in [4.78, 5) is 30.8. The first-order valence-electron chi connectivity index (χ1n) is 10.8. The van der Waals surface area contributed by atoms with Gasteiger partial charge in [-0.25, -0.2) is 4.39 Å². The molecular weight excluding hydrogens is 397 g/mol. The topological polar surface area (TPSA) is 82.5 Å². The molecule has 2 aliphatic carbocycles. The highest BCUT2D eigenvalue weighted by molar-refractivity contribution is 5.92. The van der Waals surface area contributed by atoms with E-state index in [1.165, 1.54) is 13.1 Å². The Morgan fingerprint density at radius 3 is 2.35 bits per heavy atom. The number of hydrogen-bond acceptors (Lipinski definition) is 4. The van der Waals surface area contributed by atoms with Gasteiger partial charge in [-0.15, -0.1) is 0 Å². The zero-order valence-electron chi connectivity index (χ0n) is 17.9. The van der Waals surface area contributed by atoms with Gasteiger partial charge in [0.05, 0.1) is 11.5 Å². The second-order valence-corrected chi connectivity index (χ2v) is 8.67. The van der Waals surface area contributed by atoms with E-state index in [0.29, 0.717) is 48.1 Å². The van der Waals surface area contributed by atoms with Crippen molar-refractivity contribution in [3.63, 3.8) is 0 Å². The molecule has 2 aliphatic rings. The van der Waals surface area contributed by atoms with Crippen molar-refractivity contribution in [2.75, 3.05) is 14.1 Å². The number of benzene rings is 1. The molecule has 1 heterocycles. The molecule has 2 saturated carbocycles. The van der Waals surface area contributed by atoms with E-state index in [9.17, 15) is 14.7 Å². The molecule has 7 heteroatoms. The summed E-state index contributed by atoms with van der Waals surface area (Å²) in [7, 11) is 3.34. The van der Waals surface area contributed by atoms with Crippen LogP contribution in [0.15, 0.2) is 36.5 Å². The fourth-order valence-electron chi connectivity index (χ4n) is 4.58. The molecule has 0 saturated heterocycles. The van der Waals surface area contributed by atoms with Gasteiger partial charge in [-0.3, -0.25) is 14.6 Å². The number of aromatic nitrogens is 1. The molecule has 31 heavy (non-hydrogen) atoms. The van der Waals surface area contributed by atoms with Crippen LogP contribution in [0.25, 0.3) is 11.1 Å². The van der Waals surface area contributed by atoms with Gasteiger partial charge in [0, 0.05) is 37.5 Å². The van der Waals surface area contributed by atoms with Crippen LogP contribution >= 0.6 is 0 Å². The van der Waals surface area contributed by atoms with Gasteiger partial charge < -0.3 is 15.3 Å². The number of pyridine rings is 1. The SMILES string of the molecule is CNC(=O)c1ccc(-c2ccc(C3(C(=O)N(C)[C@H]4CC[C@H](O)CC4)CC3)c(F)c2)cn1. The minimum atomic E-state index is -0.783. The fourth-order valence-corrected chi connectivity index (χ4v) is 4.58. The molecular formula is C24H28FN3O3. The molecule has 0 unspecified atom stereocenters. The number of aliphatic hydroxyl groups excluding tert-OH is 1. The summed E-state index contributed by atoms with van der Waals surface area (Å²) in [5.74, 6) is -0.706. The third kappa shape index (κ3) is 4.06. The van der Waals surface area contributed by atoms with Crippen LogP contribution in [-0.2, 0) is 10.2 Å². The molecule has 4 rings (SSSR count). The first-order valence-corrected chi connectivity index (χ1v) is 10.8. The zero-order valence-corrected chi connectivity index (χ0v) is 17.9. The fraction of sp³-hybridized carbons (Fsp3) is 0.458. The number of halogens is 1. The number of carbonyl (C=O) groups is 2. The number of carbonyl (C=O) groups excluding carboxylic acids is 2. The summed E-state index contributed by atoms with van der Waals surface area (Å²) in [5.41, 5.74) is 1.31. The molecule has 0 spiro atoms. The third-order valence-electron chi connectivity index (χ3n) is 6.73. The molecule has 0 bridgehead atoms. The molecule has 2 N–H and O–H groups in total. The zero-order chi connectivity index (χ0) is 22.2. The Balaban J connectivity index is 1.53. The van der Waals surface area contributed by atoms with Gasteiger partial charge in [0.2, 0.25) is 5.91 Å². The largest absolute Gasteiger partial charge is 0.393 e. The van der Waals surface area contributed by atoms with Gasteiger partial charge in [-0.05, 0) is 56.2 Å². The summed E-state index contributed by atoms with van der Waals surface area (Å²) < 4.78 is 15.2. The maximum atomic E-state index is 15.2. The van der Waals surface area contributed by atoms with Crippen molar-refractivity contribution >= 4 is 11.8 Å². The predicted molar refractivity (Wildman–Crippen MR) is 115 cm³/mol. The van der Waals surface area contributed by atoms with E-state index in [-0.39, 0.29) is 24.0 Å². The average molecular weight is 426 g/mol. The Morgan fingerprint density at radius 2 is 1.81 bits per heavy atom. The third-order valence-corrected chi connectivity index (χ3v) is 6.73. The summed E-state index contributed by atoms with van der Waals surface area (Å²) in [6.45, 7) is 0. The van der Waals surface area contributed by atoms with E-state index in [4.69, 9.17) is 0 Å². The number of amides is 2. The summed E-state index contributed by atoms with van der Waals surface area (Å²) >= 11 is 0. The summed E-state index contributed by atoms with van der Waals surface area (Å²) in [6, 6.07) is 8.38. The molecule has 0 atom stereocenters. The van der Waals surface area contributed by atoms with Gasteiger partial charge in [0.1, 0.15) is 11.5 Å². The van der Waals surface area contributed by atoms with Crippen molar-refractivity contribution in [1.82, 2.24) is 15.2 Å². The molecule has 6 nitrogen and oxygen atoms in total. The lowest BCUT2D eigenvalue weighted by Crippen LogP contribution is -2.45. The molecule has 0 aliphatic heterocycles. The van der Waals surface area contributed by atoms with E-state index < -0.39 is 11.2 Å². The van der Waals surface area contributed by atoms with Crippen LogP contribution in [0.2, 0.25) is 0 Å². The molecule has 2 amide bonds. The van der Waals surface area contributed by atoms with Crippen LogP contribution in [0, 0.1) is 5.82 Å². The first-order chi connectivity index (χ1) is 14.9. The Kier molecular flexibility index (Phi) is 5.79. The number of nitrogens with zero attached hydrogens (tertiary/aromatic N) is 2. The van der Waals surface area contributed by atoms with Crippen LogP contribution in [0.1, 0.15) is 54.6 Å². The van der Waals surface area contributed by atoms with Crippen molar-refractivity contribution in [2.45, 2.75) is 56.1 Å². The second-order valence-electron chi connectivity index (χ2n) is 8.67. The van der Waals surface area contributed by atoms with Crippen LogP contribution in [0.5, 0.6) is 0 Å². The summed E-state index contributed by atoms with van der Waals surface area (Å²) in [6.07, 6.45) is 5.51. The van der Waals surface area contributed by atoms with Gasteiger partial charge in [-0.1, -0.05) is 18.2 Å².